The molecule has 0 saturated heterocycles. The molecule has 2 aromatic carbocycles. The van der Waals surface area contributed by atoms with Gasteiger partial charge in [0.2, 0.25) is 5.91 Å². The first-order chi connectivity index (χ1) is 12.7. The smallest absolute Gasteiger partial charge is 0.418 e. The molecule has 0 bridgehead atoms. The van der Waals surface area contributed by atoms with Gasteiger partial charge in [0.25, 0.3) is 0 Å². The van der Waals surface area contributed by atoms with Crippen molar-refractivity contribution in [2.24, 2.45) is 0 Å². The van der Waals surface area contributed by atoms with E-state index in [1.54, 1.807) is 0 Å². The van der Waals surface area contributed by atoms with Crippen LogP contribution in [0.3, 0.4) is 0 Å². The molecule has 0 aromatic heterocycles. The molecule has 0 fully saturated rings. The Morgan fingerprint density at radius 3 is 2.30 bits per heavy atom. The van der Waals surface area contributed by atoms with Gasteiger partial charge in [-0.05, 0) is 35.9 Å². The third-order valence-corrected chi connectivity index (χ3v) is 4.25. The Kier molecular flexibility index (Phi) is 6.62. The van der Waals surface area contributed by atoms with Crippen molar-refractivity contribution in [3.05, 3.63) is 70.4 Å². The normalized spacial score (nSPS) is 11.9. The largest absolute Gasteiger partial charge is 0.477 e. The lowest BCUT2D eigenvalue weighted by Crippen LogP contribution is -2.18. The van der Waals surface area contributed by atoms with E-state index in [4.69, 9.17) is 0 Å². The van der Waals surface area contributed by atoms with Gasteiger partial charge in [-0.3, -0.25) is 4.79 Å². The second-order valence-corrected chi connectivity index (χ2v) is 6.26. The zero-order valence-electron chi connectivity index (χ0n) is 13.6. The van der Waals surface area contributed by atoms with Crippen molar-refractivity contribution in [2.75, 3.05) is 11.1 Å². The predicted octanol–water partition coefficient (Wildman–Crippen LogP) is 4.64. The molecule has 142 valence electrons. The topological polar surface area (TPSA) is 66.4 Å². The van der Waals surface area contributed by atoms with Crippen LogP contribution in [0, 0.1) is 5.82 Å². The number of carbonyl (C=O) groups is 2. The summed E-state index contributed by atoms with van der Waals surface area (Å²) in [6, 6.07) is 9.50. The van der Waals surface area contributed by atoms with Crippen LogP contribution in [0.4, 0.5) is 23.2 Å². The fourth-order valence-electron chi connectivity index (χ4n) is 2.04. The molecule has 27 heavy (non-hydrogen) atoms. The molecule has 4 nitrogen and oxygen atoms in total. The maximum Gasteiger partial charge on any atom is 0.418 e. The van der Waals surface area contributed by atoms with Gasteiger partial charge in [-0.2, -0.15) is 13.2 Å². The van der Waals surface area contributed by atoms with Crippen LogP contribution < -0.4 is 5.32 Å². The summed E-state index contributed by atoms with van der Waals surface area (Å²) in [5.41, 5.74) is -0.997. The lowest BCUT2D eigenvalue weighted by Gasteiger charge is -2.13. The maximum absolute atomic E-state index is 12.9. The van der Waals surface area contributed by atoms with Gasteiger partial charge in [-0.15, -0.1) is 11.8 Å². The van der Waals surface area contributed by atoms with Crippen LogP contribution in [0.2, 0.25) is 0 Å². The second-order valence-electron chi connectivity index (χ2n) is 5.25. The summed E-state index contributed by atoms with van der Waals surface area (Å²) < 4.78 is 51.6. The van der Waals surface area contributed by atoms with Crippen molar-refractivity contribution >= 4 is 35.4 Å². The molecule has 0 aliphatic rings. The second kappa shape index (κ2) is 8.72. The molecular weight excluding hydrogens is 386 g/mol. The number of nitrogens with one attached hydrogen (secondary N) is 1. The van der Waals surface area contributed by atoms with Crippen LogP contribution in [0.1, 0.15) is 11.1 Å². The molecule has 0 spiro atoms. The Hall–Kier alpha value is -2.81. The average Bonchev–Trinajstić information content (AvgIpc) is 2.59. The molecule has 0 atom stereocenters. The molecule has 9 heteroatoms. The summed E-state index contributed by atoms with van der Waals surface area (Å²) in [6.07, 6.45) is -3.39. The van der Waals surface area contributed by atoms with E-state index in [2.05, 4.69) is 5.32 Å². The highest BCUT2D eigenvalue weighted by Crippen LogP contribution is 2.34. The van der Waals surface area contributed by atoms with Crippen molar-refractivity contribution in [1.82, 2.24) is 0 Å². The number of carboxylic acid groups (broad SMARTS) is 1. The first kappa shape index (κ1) is 20.5. The maximum atomic E-state index is 12.9. The van der Waals surface area contributed by atoms with E-state index in [1.807, 2.05) is 0 Å². The minimum atomic E-state index is -4.63. The third kappa shape index (κ3) is 6.14. The van der Waals surface area contributed by atoms with E-state index in [1.165, 1.54) is 30.3 Å². The number of thioether (sulfide) groups is 1. The number of carboxylic acids is 1. The number of alkyl halides is 3. The van der Waals surface area contributed by atoms with Gasteiger partial charge < -0.3 is 10.4 Å². The molecule has 1 amide bonds. The molecule has 0 aliphatic carbocycles. The average molecular weight is 399 g/mol. The molecule has 2 N–H and O–H groups in total. The lowest BCUT2D eigenvalue weighted by molar-refractivity contribution is -0.137. The number of carbonyl (C=O) groups excluding carboxylic acids is 1. The SMILES string of the molecule is O=C(CS/C(=C\c1ccc(F)cc1)C(=O)O)Nc1ccccc1C(F)(F)F. The number of halogens is 4. The molecule has 2 rings (SSSR count). The molecular formula is C18H13F4NO3S. The Balaban J connectivity index is 2.07. The Morgan fingerprint density at radius 2 is 1.70 bits per heavy atom. The van der Waals surface area contributed by atoms with Gasteiger partial charge in [0, 0.05) is 0 Å². The summed E-state index contributed by atoms with van der Waals surface area (Å²) in [5, 5.41) is 11.3. The molecule has 0 heterocycles. The van der Waals surface area contributed by atoms with E-state index in [-0.39, 0.29) is 4.91 Å². The summed E-state index contributed by atoms with van der Waals surface area (Å²) in [7, 11) is 0. The van der Waals surface area contributed by atoms with Gasteiger partial charge in [-0.1, -0.05) is 24.3 Å². The van der Waals surface area contributed by atoms with Crippen LogP contribution in [-0.4, -0.2) is 22.7 Å². The van der Waals surface area contributed by atoms with Crippen LogP contribution in [0.5, 0.6) is 0 Å². The highest BCUT2D eigenvalue weighted by atomic mass is 32.2. The number of rotatable bonds is 6. The standard InChI is InChI=1S/C18H13F4NO3S/c19-12-7-5-11(6-8-12)9-15(17(25)26)27-10-16(24)23-14-4-2-1-3-13(14)18(20,21)22/h1-9H,10H2,(H,23,24)(H,25,26)/b15-9-. The van der Waals surface area contributed by atoms with Crippen molar-refractivity contribution in [3.63, 3.8) is 0 Å². The number of benzene rings is 2. The molecule has 0 radical (unpaired) electrons. The van der Waals surface area contributed by atoms with E-state index in [9.17, 15) is 32.3 Å². The zero-order chi connectivity index (χ0) is 20.0. The van der Waals surface area contributed by atoms with Crippen LogP contribution in [-0.2, 0) is 15.8 Å². The van der Waals surface area contributed by atoms with Crippen molar-refractivity contribution in [3.8, 4) is 0 Å². The Morgan fingerprint density at radius 1 is 1.07 bits per heavy atom. The lowest BCUT2D eigenvalue weighted by atomic mass is 10.1. The summed E-state index contributed by atoms with van der Waals surface area (Å²) >= 11 is 0.644. The van der Waals surface area contributed by atoms with Crippen molar-refractivity contribution < 1.29 is 32.3 Å². The van der Waals surface area contributed by atoms with E-state index in [0.717, 1.165) is 24.3 Å². The fraction of sp³-hybridized carbons (Fsp3) is 0.111. The molecule has 2 aromatic rings. The van der Waals surface area contributed by atoms with Crippen LogP contribution in [0.15, 0.2) is 53.4 Å². The van der Waals surface area contributed by atoms with Gasteiger partial charge in [0.15, 0.2) is 0 Å². The molecule has 0 saturated carbocycles. The summed E-state index contributed by atoms with van der Waals surface area (Å²) in [6.45, 7) is 0. The van der Waals surface area contributed by atoms with Crippen molar-refractivity contribution in [2.45, 2.75) is 6.18 Å². The Labute approximate surface area is 155 Å². The number of hydrogen-bond acceptors (Lipinski definition) is 3. The van der Waals surface area contributed by atoms with Gasteiger partial charge in [0.1, 0.15) is 5.82 Å². The van der Waals surface area contributed by atoms with Crippen LogP contribution in [0.25, 0.3) is 6.08 Å². The van der Waals surface area contributed by atoms with E-state index in [0.29, 0.717) is 17.3 Å². The number of anilines is 1. The first-order valence-electron chi connectivity index (χ1n) is 7.46. The van der Waals surface area contributed by atoms with Gasteiger partial charge >= 0.3 is 12.1 Å². The van der Waals surface area contributed by atoms with Crippen molar-refractivity contribution in [1.29, 1.82) is 0 Å². The molecule has 0 unspecified atom stereocenters. The minimum Gasteiger partial charge on any atom is -0.477 e. The third-order valence-electron chi connectivity index (χ3n) is 3.24. The zero-order valence-corrected chi connectivity index (χ0v) is 14.4. The summed E-state index contributed by atoms with van der Waals surface area (Å²) in [4.78, 5) is 23.0. The summed E-state index contributed by atoms with van der Waals surface area (Å²) in [5.74, 6) is -3.00. The fourth-order valence-corrected chi connectivity index (χ4v) is 2.75. The number of aliphatic carboxylic acids is 1. The van der Waals surface area contributed by atoms with Crippen LogP contribution >= 0.6 is 11.8 Å². The highest BCUT2D eigenvalue weighted by molar-refractivity contribution is 8.04. The highest BCUT2D eigenvalue weighted by Gasteiger charge is 2.33. The minimum absolute atomic E-state index is 0.208. The van der Waals surface area contributed by atoms with Gasteiger partial charge in [0.05, 0.1) is 21.9 Å². The van der Waals surface area contributed by atoms with E-state index < -0.39 is 40.9 Å². The van der Waals surface area contributed by atoms with E-state index >= 15 is 0 Å². The molecule has 0 aliphatic heterocycles. The number of para-hydroxylation sites is 1. The Bertz CT molecular complexity index is 864. The first-order valence-corrected chi connectivity index (χ1v) is 8.45. The monoisotopic (exact) mass is 399 g/mol. The number of amides is 1. The van der Waals surface area contributed by atoms with Gasteiger partial charge in [-0.25, -0.2) is 9.18 Å². The predicted molar refractivity (Wildman–Crippen MR) is 94.5 cm³/mol. The quantitative estimate of drug-likeness (QED) is 0.549. The number of hydrogen-bond donors (Lipinski definition) is 2.